The minimum Gasteiger partial charge on any atom is -0.465 e. The van der Waals surface area contributed by atoms with Crippen molar-refractivity contribution in [3.63, 3.8) is 0 Å². The zero-order valence-corrected chi connectivity index (χ0v) is 19.3. The summed E-state index contributed by atoms with van der Waals surface area (Å²) < 4.78 is 6.78. The van der Waals surface area contributed by atoms with Crippen LogP contribution in [0.15, 0.2) is 35.4 Å². The van der Waals surface area contributed by atoms with Crippen LogP contribution in [0.1, 0.15) is 29.3 Å². The number of likely N-dealkylation sites (N-methyl/N-ethyl adjacent to an activating group) is 1. The normalized spacial score (nSPS) is 15.9. The molecule has 0 N–H and O–H groups in total. The number of esters is 1. The number of fused-ring (bicyclic) bond motifs is 3. The van der Waals surface area contributed by atoms with Gasteiger partial charge < -0.3 is 4.74 Å². The van der Waals surface area contributed by atoms with Crippen LogP contribution in [0.2, 0.25) is 5.02 Å². The van der Waals surface area contributed by atoms with Crippen LogP contribution in [0.3, 0.4) is 0 Å². The van der Waals surface area contributed by atoms with Crippen LogP contribution < -0.4 is 5.56 Å². The van der Waals surface area contributed by atoms with E-state index in [4.69, 9.17) is 16.3 Å². The molecule has 1 unspecified atom stereocenters. The van der Waals surface area contributed by atoms with Gasteiger partial charge >= 0.3 is 5.97 Å². The van der Waals surface area contributed by atoms with E-state index in [0.29, 0.717) is 18.2 Å². The Labute approximate surface area is 190 Å². The van der Waals surface area contributed by atoms with Gasteiger partial charge in [-0.1, -0.05) is 23.7 Å². The quantitative estimate of drug-likeness (QED) is 0.504. The summed E-state index contributed by atoms with van der Waals surface area (Å²) in [6, 6.07) is 7.97. The minimum absolute atomic E-state index is 0.0304. The third-order valence-corrected chi connectivity index (χ3v) is 7.24. The first-order valence-corrected chi connectivity index (χ1v) is 11.8. The second-order valence-electron chi connectivity index (χ2n) is 7.92. The van der Waals surface area contributed by atoms with E-state index < -0.39 is 0 Å². The summed E-state index contributed by atoms with van der Waals surface area (Å²) in [5.74, 6) is -0.198. The number of hydrogen-bond donors (Lipinski definition) is 0. The summed E-state index contributed by atoms with van der Waals surface area (Å²) in [6.45, 7) is 3.06. The number of halogens is 1. The lowest BCUT2D eigenvalue weighted by molar-refractivity contribution is -0.144. The van der Waals surface area contributed by atoms with E-state index in [0.717, 1.165) is 47.0 Å². The Morgan fingerprint density at radius 3 is 3.03 bits per heavy atom. The van der Waals surface area contributed by atoms with Crippen molar-refractivity contribution in [3.8, 4) is 0 Å². The number of ether oxygens (including phenoxy) is 1. The number of aromatic nitrogens is 2. The zero-order valence-electron chi connectivity index (χ0n) is 17.8. The second kappa shape index (κ2) is 9.51. The Balaban J connectivity index is 1.52. The van der Waals surface area contributed by atoms with Crippen LogP contribution in [0.5, 0.6) is 0 Å². The molecule has 0 radical (unpaired) electrons. The molecule has 0 saturated heterocycles. The van der Waals surface area contributed by atoms with Crippen molar-refractivity contribution in [2.75, 3.05) is 20.2 Å². The predicted octanol–water partition coefficient (Wildman–Crippen LogP) is 3.71. The highest BCUT2D eigenvalue weighted by atomic mass is 35.5. The Hall–Kier alpha value is -2.22. The molecule has 1 atom stereocenters. The van der Waals surface area contributed by atoms with Crippen LogP contribution in [-0.2, 0) is 35.3 Å². The van der Waals surface area contributed by atoms with E-state index >= 15 is 0 Å². The molecule has 164 valence electrons. The first kappa shape index (κ1) is 22.0. The number of carbonyl (C=O) groups excluding carboxylic acids is 1. The molecule has 0 saturated carbocycles. The first-order valence-electron chi connectivity index (χ1n) is 10.6. The summed E-state index contributed by atoms with van der Waals surface area (Å²) in [4.78, 5) is 33.7. The molecule has 2 heterocycles. The minimum atomic E-state index is -0.198. The van der Waals surface area contributed by atoms with Crippen LogP contribution in [0, 0.1) is 0 Å². The molecular weight excluding hydrogens is 434 g/mol. The summed E-state index contributed by atoms with van der Waals surface area (Å²) in [5.41, 5.74) is 2.26. The van der Waals surface area contributed by atoms with Crippen molar-refractivity contribution >= 4 is 39.1 Å². The zero-order chi connectivity index (χ0) is 22.0. The fourth-order valence-corrected chi connectivity index (χ4v) is 5.66. The number of aryl methyl sites for hydroxylation is 3. The summed E-state index contributed by atoms with van der Waals surface area (Å²) in [6.07, 6.45) is 4.93. The molecule has 1 aliphatic rings. The maximum absolute atomic E-state index is 13.2. The number of hydrogen-bond acceptors (Lipinski definition) is 6. The largest absolute Gasteiger partial charge is 0.465 e. The molecule has 1 aromatic carbocycles. The molecule has 0 amide bonds. The number of carbonyl (C=O) groups is 1. The van der Waals surface area contributed by atoms with Gasteiger partial charge in [-0.2, -0.15) is 0 Å². The van der Waals surface area contributed by atoms with E-state index in [9.17, 15) is 9.59 Å². The van der Waals surface area contributed by atoms with Gasteiger partial charge in [0.25, 0.3) is 5.56 Å². The van der Waals surface area contributed by atoms with Crippen LogP contribution in [0.25, 0.3) is 10.2 Å². The first-order chi connectivity index (χ1) is 15.0. The van der Waals surface area contributed by atoms with Gasteiger partial charge in [0.05, 0.1) is 24.9 Å². The standard InChI is InChI=1S/C23H26ClN3O3S/c1-3-30-20(28)13-26(2)17-7-8-18-19(12-17)31-22-21(18)23(29)27(14-25-22)10-9-15-5-4-6-16(24)11-15/h4-6,11,14,17H,3,7-10,12-13H2,1-2H3. The molecule has 4 rings (SSSR count). The molecule has 1 aliphatic carbocycles. The molecule has 0 bridgehead atoms. The molecular formula is C23H26ClN3O3S. The molecule has 6 nitrogen and oxygen atoms in total. The molecule has 8 heteroatoms. The van der Waals surface area contributed by atoms with E-state index in [1.54, 1.807) is 22.2 Å². The van der Waals surface area contributed by atoms with Crippen molar-refractivity contribution in [2.24, 2.45) is 0 Å². The van der Waals surface area contributed by atoms with Crippen LogP contribution in [-0.4, -0.2) is 46.7 Å². The van der Waals surface area contributed by atoms with Crippen LogP contribution >= 0.6 is 22.9 Å². The average Bonchev–Trinajstić information content (AvgIpc) is 3.12. The Morgan fingerprint density at radius 1 is 1.42 bits per heavy atom. The van der Waals surface area contributed by atoms with Gasteiger partial charge in [0.2, 0.25) is 0 Å². The van der Waals surface area contributed by atoms with Crippen molar-refractivity contribution in [1.82, 2.24) is 14.5 Å². The highest BCUT2D eigenvalue weighted by Gasteiger charge is 2.28. The maximum Gasteiger partial charge on any atom is 0.320 e. The van der Waals surface area contributed by atoms with Gasteiger partial charge in [0.1, 0.15) is 4.83 Å². The molecule has 0 aliphatic heterocycles. The summed E-state index contributed by atoms with van der Waals surface area (Å²) in [7, 11) is 1.96. The monoisotopic (exact) mass is 459 g/mol. The van der Waals surface area contributed by atoms with Crippen molar-refractivity contribution in [1.29, 1.82) is 0 Å². The van der Waals surface area contributed by atoms with Crippen molar-refractivity contribution in [3.05, 3.63) is 62.0 Å². The summed E-state index contributed by atoms with van der Waals surface area (Å²) in [5, 5.41) is 1.47. The highest BCUT2D eigenvalue weighted by molar-refractivity contribution is 7.18. The number of nitrogens with zero attached hydrogens (tertiary/aromatic N) is 3. The lowest BCUT2D eigenvalue weighted by Crippen LogP contribution is -2.39. The lowest BCUT2D eigenvalue weighted by Gasteiger charge is -2.30. The highest BCUT2D eigenvalue weighted by Crippen LogP contribution is 2.34. The van der Waals surface area contributed by atoms with Gasteiger partial charge in [-0.05, 0) is 62.9 Å². The number of thiophene rings is 1. The van der Waals surface area contributed by atoms with Gasteiger partial charge in [0, 0.05) is 22.5 Å². The van der Waals surface area contributed by atoms with Crippen LogP contribution in [0.4, 0.5) is 0 Å². The van der Waals surface area contributed by atoms with Crippen molar-refractivity contribution in [2.45, 2.75) is 45.2 Å². The third-order valence-electron chi connectivity index (χ3n) is 5.85. The SMILES string of the molecule is CCOC(=O)CN(C)C1CCc2c(sc3ncn(CCc4cccc(Cl)c4)c(=O)c23)C1. The molecule has 0 fully saturated rings. The van der Waals surface area contributed by atoms with E-state index in [1.807, 2.05) is 38.2 Å². The van der Waals surface area contributed by atoms with E-state index in [1.165, 1.54) is 4.88 Å². The smallest absolute Gasteiger partial charge is 0.320 e. The fraction of sp³-hybridized carbons (Fsp3) is 0.435. The number of rotatable bonds is 7. The maximum atomic E-state index is 13.2. The molecule has 0 spiro atoms. The summed E-state index contributed by atoms with van der Waals surface area (Å²) >= 11 is 7.67. The van der Waals surface area contributed by atoms with Gasteiger partial charge in [-0.25, -0.2) is 4.98 Å². The Morgan fingerprint density at radius 2 is 2.26 bits per heavy atom. The van der Waals surface area contributed by atoms with Crippen molar-refractivity contribution < 1.29 is 9.53 Å². The second-order valence-corrected chi connectivity index (χ2v) is 9.44. The predicted molar refractivity (Wildman–Crippen MR) is 124 cm³/mol. The fourth-order valence-electron chi connectivity index (χ4n) is 4.20. The third kappa shape index (κ3) is 4.84. The number of benzene rings is 1. The van der Waals surface area contributed by atoms with E-state index in [-0.39, 0.29) is 24.1 Å². The van der Waals surface area contributed by atoms with Gasteiger partial charge in [-0.3, -0.25) is 19.1 Å². The average molecular weight is 460 g/mol. The Kier molecular flexibility index (Phi) is 6.74. The Bertz CT molecular complexity index is 1160. The van der Waals surface area contributed by atoms with Gasteiger partial charge in [0.15, 0.2) is 0 Å². The molecule has 2 aromatic heterocycles. The lowest BCUT2D eigenvalue weighted by atomic mass is 9.92. The molecule has 3 aromatic rings. The van der Waals surface area contributed by atoms with E-state index in [2.05, 4.69) is 9.88 Å². The topological polar surface area (TPSA) is 64.4 Å². The molecule has 31 heavy (non-hydrogen) atoms. The van der Waals surface area contributed by atoms with Gasteiger partial charge in [-0.15, -0.1) is 11.3 Å².